The van der Waals surface area contributed by atoms with Gasteiger partial charge in [-0.25, -0.2) is 0 Å². The average molecular weight is 255 g/mol. The van der Waals surface area contributed by atoms with Crippen LogP contribution in [-0.2, 0) is 9.59 Å². The van der Waals surface area contributed by atoms with E-state index >= 15 is 0 Å². The molecule has 3 N–H and O–H groups in total. The van der Waals surface area contributed by atoms with Crippen molar-refractivity contribution in [3.63, 3.8) is 0 Å². The van der Waals surface area contributed by atoms with Crippen molar-refractivity contribution in [1.82, 2.24) is 5.32 Å². The Morgan fingerprint density at radius 1 is 1.35 bits per heavy atom. The van der Waals surface area contributed by atoms with E-state index in [0.29, 0.717) is 0 Å². The summed E-state index contributed by atoms with van der Waals surface area (Å²) in [7, 11) is 0. The Morgan fingerprint density at radius 3 is 2.47 bits per heavy atom. The van der Waals surface area contributed by atoms with Gasteiger partial charge >= 0.3 is 0 Å². The summed E-state index contributed by atoms with van der Waals surface area (Å²) < 4.78 is 0. The molecule has 0 fully saturated rings. The van der Waals surface area contributed by atoms with Crippen LogP contribution in [0.3, 0.4) is 0 Å². The summed E-state index contributed by atoms with van der Waals surface area (Å²) in [5, 5.41) is 1.88. The third-order valence-corrected chi connectivity index (χ3v) is 2.67. The second kappa shape index (κ2) is 6.25. The van der Waals surface area contributed by atoms with Gasteiger partial charge in [0.25, 0.3) is 0 Å². The first-order valence-corrected chi connectivity index (χ1v) is 5.72. The maximum absolute atomic E-state index is 11.7. The molecule has 2 atom stereocenters. The summed E-state index contributed by atoms with van der Waals surface area (Å²) in [5.74, 6) is -0.782. The maximum Gasteiger partial charge on any atom is 0.242 e. The van der Waals surface area contributed by atoms with Crippen LogP contribution >= 0.6 is 11.6 Å². The number of halogens is 1. The van der Waals surface area contributed by atoms with Crippen molar-refractivity contribution in [2.24, 2.45) is 5.73 Å². The second-order valence-electron chi connectivity index (χ2n) is 3.85. The monoisotopic (exact) mass is 254 g/mol. The third-order valence-electron chi connectivity index (χ3n) is 2.22. The van der Waals surface area contributed by atoms with Gasteiger partial charge < -0.3 is 11.1 Å². The van der Waals surface area contributed by atoms with E-state index in [2.05, 4.69) is 5.32 Å². The van der Waals surface area contributed by atoms with Crippen LogP contribution in [0.15, 0.2) is 30.3 Å². The molecule has 0 spiro atoms. The van der Waals surface area contributed by atoms with Crippen molar-refractivity contribution in [2.75, 3.05) is 0 Å². The van der Waals surface area contributed by atoms with Gasteiger partial charge in [0.1, 0.15) is 5.38 Å². The first-order chi connectivity index (χ1) is 8.00. The number of alkyl halides is 1. The molecule has 2 amide bonds. The van der Waals surface area contributed by atoms with Gasteiger partial charge in [0.15, 0.2) is 0 Å². The minimum atomic E-state index is -0.758. The van der Waals surface area contributed by atoms with E-state index in [-0.39, 0.29) is 18.4 Å². The number of amides is 2. The highest BCUT2D eigenvalue weighted by atomic mass is 35.5. The average Bonchev–Trinajstić information content (AvgIpc) is 2.28. The standard InChI is InChI=1S/C12H15ClN2O2/c1-8(7-10(14)16)15-12(17)11(13)9-5-3-2-4-6-9/h2-6,8,11H,7H2,1H3,(H2,14,16)(H,15,17). The molecule has 0 saturated carbocycles. The Balaban J connectivity index is 2.56. The topological polar surface area (TPSA) is 72.2 Å². The van der Waals surface area contributed by atoms with Gasteiger partial charge in [0.05, 0.1) is 0 Å². The molecule has 17 heavy (non-hydrogen) atoms. The lowest BCUT2D eigenvalue weighted by atomic mass is 10.1. The molecule has 1 aromatic rings. The highest BCUT2D eigenvalue weighted by Crippen LogP contribution is 2.20. The van der Waals surface area contributed by atoms with E-state index in [9.17, 15) is 9.59 Å². The number of hydrogen-bond acceptors (Lipinski definition) is 2. The van der Waals surface area contributed by atoms with E-state index in [4.69, 9.17) is 17.3 Å². The number of primary amides is 1. The number of hydrogen-bond donors (Lipinski definition) is 2. The molecule has 92 valence electrons. The molecule has 0 heterocycles. The van der Waals surface area contributed by atoms with Gasteiger partial charge in [-0.15, -0.1) is 11.6 Å². The predicted octanol–water partition coefficient (Wildman–Crippen LogP) is 1.35. The van der Waals surface area contributed by atoms with Gasteiger partial charge in [0, 0.05) is 12.5 Å². The lowest BCUT2D eigenvalue weighted by Crippen LogP contribution is -2.37. The van der Waals surface area contributed by atoms with Crippen LogP contribution in [0.5, 0.6) is 0 Å². The van der Waals surface area contributed by atoms with Crippen LogP contribution in [-0.4, -0.2) is 17.9 Å². The largest absolute Gasteiger partial charge is 0.370 e. The summed E-state index contributed by atoms with van der Waals surface area (Å²) in [5.41, 5.74) is 5.75. The maximum atomic E-state index is 11.7. The zero-order valence-electron chi connectivity index (χ0n) is 9.52. The van der Waals surface area contributed by atoms with E-state index in [1.54, 1.807) is 19.1 Å². The first-order valence-electron chi connectivity index (χ1n) is 5.28. The first kappa shape index (κ1) is 13.5. The number of carbonyl (C=O) groups is 2. The molecule has 5 heteroatoms. The van der Waals surface area contributed by atoms with Crippen LogP contribution in [0.1, 0.15) is 24.3 Å². The Labute approximate surface area is 105 Å². The zero-order valence-corrected chi connectivity index (χ0v) is 10.3. The van der Waals surface area contributed by atoms with Crippen LogP contribution < -0.4 is 11.1 Å². The van der Waals surface area contributed by atoms with E-state index in [0.717, 1.165) is 5.56 Å². The number of nitrogens with one attached hydrogen (secondary N) is 1. The number of benzene rings is 1. The second-order valence-corrected chi connectivity index (χ2v) is 4.29. The molecular formula is C12H15ClN2O2. The lowest BCUT2D eigenvalue weighted by molar-refractivity contribution is -0.122. The summed E-state index contributed by atoms with van der Waals surface area (Å²) in [4.78, 5) is 22.4. The minimum Gasteiger partial charge on any atom is -0.370 e. The van der Waals surface area contributed by atoms with Crippen LogP contribution in [0.4, 0.5) is 0 Å². The summed E-state index contributed by atoms with van der Waals surface area (Å²) in [6.07, 6.45) is 0.101. The van der Waals surface area contributed by atoms with Crippen LogP contribution in [0.2, 0.25) is 0 Å². The van der Waals surface area contributed by atoms with Crippen molar-refractivity contribution in [3.8, 4) is 0 Å². The molecule has 0 radical (unpaired) electrons. The molecule has 1 rings (SSSR count). The molecule has 4 nitrogen and oxygen atoms in total. The number of nitrogens with two attached hydrogens (primary N) is 1. The van der Waals surface area contributed by atoms with Crippen LogP contribution in [0, 0.1) is 0 Å². The molecular weight excluding hydrogens is 240 g/mol. The van der Waals surface area contributed by atoms with Gasteiger partial charge in [-0.3, -0.25) is 9.59 Å². The molecule has 2 unspecified atom stereocenters. The summed E-state index contributed by atoms with van der Waals surface area (Å²) in [6.45, 7) is 1.71. The molecule has 1 aromatic carbocycles. The Hall–Kier alpha value is -1.55. The molecule has 0 aliphatic rings. The fourth-order valence-corrected chi connectivity index (χ4v) is 1.65. The predicted molar refractivity (Wildman–Crippen MR) is 66.5 cm³/mol. The van der Waals surface area contributed by atoms with Gasteiger partial charge in [-0.1, -0.05) is 30.3 Å². The van der Waals surface area contributed by atoms with E-state index < -0.39 is 11.3 Å². The third kappa shape index (κ3) is 4.44. The molecule has 0 aromatic heterocycles. The molecule has 0 bridgehead atoms. The van der Waals surface area contributed by atoms with Crippen molar-refractivity contribution in [3.05, 3.63) is 35.9 Å². The van der Waals surface area contributed by atoms with Crippen molar-refractivity contribution in [1.29, 1.82) is 0 Å². The van der Waals surface area contributed by atoms with E-state index in [1.807, 2.05) is 18.2 Å². The minimum absolute atomic E-state index is 0.101. The fourth-order valence-electron chi connectivity index (χ4n) is 1.44. The van der Waals surface area contributed by atoms with Gasteiger partial charge in [0.2, 0.25) is 11.8 Å². The van der Waals surface area contributed by atoms with Gasteiger partial charge in [-0.2, -0.15) is 0 Å². The lowest BCUT2D eigenvalue weighted by Gasteiger charge is -2.15. The summed E-state index contributed by atoms with van der Waals surface area (Å²) in [6, 6.07) is 8.70. The Morgan fingerprint density at radius 2 is 1.94 bits per heavy atom. The smallest absolute Gasteiger partial charge is 0.242 e. The molecule has 0 aliphatic carbocycles. The molecule has 0 aliphatic heterocycles. The van der Waals surface area contributed by atoms with Crippen molar-refractivity contribution in [2.45, 2.75) is 24.8 Å². The zero-order chi connectivity index (χ0) is 12.8. The Kier molecular flexibility index (Phi) is 4.97. The highest BCUT2D eigenvalue weighted by Gasteiger charge is 2.19. The SMILES string of the molecule is CC(CC(N)=O)NC(=O)C(Cl)c1ccccc1. The van der Waals surface area contributed by atoms with E-state index in [1.165, 1.54) is 0 Å². The van der Waals surface area contributed by atoms with Crippen molar-refractivity contribution >= 4 is 23.4 Å². The highest BCUT2D eigenvalue weighted by molar-refractivity contribution is 6.30. The van der Waals surface area contributed by atoms with Gasteiger partial charge in [-0.05, 0) is 12.5 Å². The van der Waals surface area contributed by atoms with Crippen LogP contribution in [0.25, 0.3) is 0 Å². The molecule has 0 saturated heterocycles. The van der Waals surface area contributed by atoms with Crippen molar-refractivity contribution < 1.29 is 9.59 Å². The quantitative estimate of drug-likeness (QED) is 0.779. The number of rotatable bonds is 5. The Bertz CT molecular complexity index is 395. The summed E-state index contributed by atoms with van der Waals surface area (Å²) >= 11 is 6.01. The normalized spacial score (nSPS) is 13.8. The number of carbonyl (C=O) groups excluding carboxylic acids is 2. The fraction of sp³-hybridized carbons (Fsp3) is 0.333.